The number of carbonyl (C=O) groups excluding carboxylic acids is 16. The van der Waals surface area contributed by atoms with Crippen LogP contribution in [0.15, 0.2) is 0 Å². The molecule has 6 atom stereocenters. The Morgan fingerprint density at radius 2 is 0.520 bits per heavy atom. The number of nitrogens with zero attached hydrogens (tertiary/aromatic N) is 2. The van der Waals surface area contributed by atoms with Gasteiger partial charge in [0.05, 0.1) is 0 Å². The van der Waals surface area contributed by atoms with E-state index in [4.69, 9.17) is 22.9 Å². The van der Waals surface area contributed by atoms with Crippen LogP contribution >= 0.6 is 0 Å². The van der Waals surface area contributed by atoms with E-state index < -0.39 is 59.3 Å². The van der Waals surface area contributed by atoms with Crippen LogP contribution in [0.5, 0.6) is 0 Å². The monoisotopic (exact) mass is 1440 g/mol. The average Bonchev–Trinajstić information content (AvgIpc) is 1.72. The SMILES string of the molecule is CC(=O)NCCCC[C@H](NC(C)=O)C(=O)NCCC(=O)N(CC(=O)NCCCC[C@@H](C(N)=O)C1CC1)CC(=O)NCCCC[C@@H](C(N)=O)C1CC1.CC(=O)NCCCC[C@H](NC(C)=O)C(=O)NCCC(=O)N(CC(=O)NCCCC[C@@H](C(N)=O)C1CC1)CC(=O)NCCCC[C@@H](C(N)=O)C1CC1. The summed E-state index contributed by atoms with van der Waals surface area (Å²) in [5.74, 6) is -5.13. The fourth-order valence-electron chi connectivity index (χ4n) is 12.3. The number of carbonyl (C=O) groups is 16. The average molecular weight is 1440 g/mol. The Bertz CT molecular complexity index is 2490. The molecule has 4 saturated carbocycles. The summed E-state index contributed by atoms with van der Waals surface area (Å²) in [7, 11) is 0. The van der Waals surface area contributed by atoms with E-state index in [1.54, 1.807) is 0 Å². The molecule has 18 N–H and O–H groups in total. The molecule has 4 aliphatic rings. The number of unbranched alkanes of at least 4 members (excludes halogenated alkanes) is 6. The van der Waals surface area contributed by atoms with Crippen molar-refractivity contribution in [3.63, 3.8) is 0 Å². The smallest absolute Gasteiger partial charge is 0.242 e. The minimum atomic E-state index is -0.826. The molecule has 102 heavy (non-hydrogen) atoms. The number of hydrogen-bond donors (Lipinski definition) is 14. The van der Waals surface area contributed by atoms with Crippen molar-refractivity contribution in [1.82, 2.24) is 63.0 Å². The van der Waals surface area contributed by atoms with Gasteiger partial charge in [-0.1, -0.05) is 25.7 Å². The van der Waals surface area contributed by atoms with Crippen molar-refractivity contribution in [3.8, 4) is 0 Å². The van der Waals surface area contributed by atoms with Crippen molar-refractivity contribution in [2.75, 3.05) is 78.5 Å². The topological polar surface area (TPSA) is 504 Å². The maximum absolute atomic E-state index is 13.2. The second-order valence-corrected chi connectivity index (χ2v) is 27.8. The van der Waals surface area contributed by atoms with Gasteiger partial charge in [0.25, 0.3) is 0 Å². The van der Waals surface area contributed by atoms with E-state index in [0.717, 1.165) is 61.2 Å². The zero-order valence-electron chi connectivity index (χ0n) is 60.8. The highest BCUT2D eigenvalue weighted by atomic mass is 16.2. The molecule has 16 amide bonds. The summed E-state index contributed by atoms with van der Waals surface area (Å²) in [5.41, 5.74) is 22.1. The molecule has 0 unspecified atom stereocenters. The largest absolute Gasteiger partial charge is 0.369 e. The zero-order valence-corrected chi connectivity index (χ0v) is 60.8. The summed E-state index contributed by atoms with van der Waals surface area (Å²) < 4.78 is 0. The summed E-state index contributed by atoms with van der Waals surface area (Å²) >= 11 is 0. The lowest BCUT2D eigenvalue weighted by molar-refractivity contribution is -0.139. The first-order valence-corrected chi connectivity index (χ1v) is 36.9. The molecule has 0 spiro atoms. The van der Waals surface area contributed by atoms with Crippen LogP contribution in [0.3, 0.4) is 0 Å². The quantitative estimate of drug-likeness (QED) is 0.0340. The van der Waals surface area contributed by atoms with Gasteiger partial charge >= 0.3 is 0 Å². The summed E-state index contributed by atoms with van der Waals surface area (Å²) in [6, 6.07) is -1.65. The molecular formula is C70H120N16O16. The molecule has 4 aliphatic carbocycles. The Hall–Kier alpha value is -8.48. The number of nitrogens with two attached hydrogens (primary N) is 4. The number of nitrogens with one attached hydrogen (secondary N) is 10. The van der Waals surface area contributed by atoms with Crippen LogP contribution in [0.4, 0.5) is 0 Å². The first kappa shape index (κ1) is 87.7. The number of rotatable bonds is 56. The van der Waals surface area contributed by atoms with Crippen molar-refractivity contribution in [2.45, 2.75) is 220 Å². The van der Waals surface area contributed by atoms with E-state index in [2.05, 4.69) is 53.2 Å². The molecule has 4 rings (SSSR count). The highest BCUT2D eigenvalue weighted by Crippen LogP contribution is 2.41. The van der Waals surface area contributed by atoms with Gasteiger partial charge in [-0.3, -0.25) is 76.7 Å². The third kappa shape index (κ3) is 40.8. The van der Waals surface area contributed by atoms with E-state index in [-0.39, 0.29) is 123 Å². The van der Waals surface area contributed by atoms with Gasteiger partial charge in [-0.2, -0.15) is 0 Å². The predicted molar refractivity (Wildman–Crippen MR) is 378 cm³/mol. The van der Waals surface area contributed by atoms with Crippen LogP contribution in [0.25, 0.3) is 0 Å². The fourth-order valence-corrected chi connectivity index (χ4v) is 12.3. The van der Waals surface area contributed by atoms with Gasteiger partial charge in [0.1, 0.15) is 38.3 Å². The molecule has 0 aliphatic heterocycles. The van der Waals surface area contributed by atoms with Crippen LogP contribution in [0.1, 0.15) is 207 Å². The van der Waals surface area contributed by atoms with E-state index >= 15 is 0 Å². The molecule has 576 valence electrons. The molecule has 0 heterocycles. The first-order valence-electron chi connectivity index (χ1n) is 36.9. The molecule has 4 fully saturated rings. The number of primary amides is 4. The maximum Gasteiger partial charge on any atom is 0.242 e. The van der Waals surface area contributed by atoms with Crippen molar-refractivity contribution >= 4 is 94.5 Å². The lowest BCUT2D eigenvalue weighted by Crippen LogP contribution is -2.48. The molecule has 32 nitrogen and oxygen atoms in total. The van der Waals surface area contributed by atoms with Crippen LogP contribution < -0.4 is 76.1 Å². The van der Waals surface area contributed by atoms with Gasteiger partial charge in [-0.25, -0.2) is 0 Å². The standard InChI is InChI=1S/2C35H60N8O8/c2*1-23(44)38-17-8-5-11-29(42-24(2)45)35(51)41-20-16-32(48)43(21-30(46)39-18-6-3-9-27(33(36)49)25-12-13-25)22-31(47)40-19-7-4-10-28(34(37)50)26-14-15-26/h2*25-29H,3-22H2,1-2H3,(H2,36,49)(H2,37,50)(H,38,44)(H,39,46)(H,40,47)(H,41,51)(H,42,45)/t2*27-,28-,29+/m11/s1. The predicted octanol–water partition coefficient (Wildman–Crippen LogP) is -0.543. The van der Waals surface area contributed by atoms with Crippen LogP contribution in [-0.4, -0.2) is 195 Å². The van der Waals surface area contributed by atoms with E-state index in [9.17, 15) is 76.7 Å². The fraction of sp³-hybridized carbons (Fsp3) is 0.771. The minimum absolute atomic E-state index is 0.0799. The Kier molecular flexibility index (Phi) is 42.3. The van der Waals surface area contributed by atoms with Crippen LogP contribution in [0, 0.1) is 47.3 Å². The Labute approximate surface area is 600 Å². The third-order valence-electron chi connectivity index (χ3n) is 18.6. The third-order valence-corrected chi connectivity index (χ3v) is 18.6. The first-order chi connectivity index (χ1) is 48.6. The second kappa shape index (κ2) is 49.2. The van der Waals surface area contributed by atoms with Gasteiger partial charge in [0, 0.05) is 117 Å². The zero-order chi connectivity index (χ0) is 75.5. The van der Waals surface area contributed by atoms with Crippen molar-refractivity contribution in [2.24, 2.45) is 70.3 Å². The minimum Gasteiger partial charge on any atom is -0.369 e. The molecule has 32 heteroatoms. The van der Waals surface area contributed by atoms with Gasteiger partial charge in [0.15, 0.2) is 0 Å². The molecular weight excluding hydrogens is 1320 g/mol. The van der Waals surface area contributed by atoms with Crippen molar-refractivity contribution in [1.29, 1.82) is 0 Å². The van der Waals surface area contributed by atoms with E-state index in [0.29, 0.717) is 179 Å². The van der Waals surface area contributed by atoms with Crippen molar-refractivity contribution < 1.29 is 76.7 Å². The highest BCUT2D eigenvalue weighted by molar-refractivity contribution is 5.92. The summed E-state index contributed by atoms with van der Waals surface area (Å²) in [4.78, 5) is 198. The summed E-state index contributed by atoms with van der Waals surface area (Å²) in [5, 5.41) is 27.0. The van der Waals surface area contributed by atoms with Crippen LogP contribution in [0.2, 0.25) is 0 Å². The molecule has 0 saturated heterocycles. The van der Waals surface area contributed by atoms with E-state index in [1.165, 1.54) is 27.7 Å². The highest BCUT2D eigenvalue weighted by Gasteiger charge is 2.37. The van der Waals surface area contributed by atoms with Gasteiger partial charge in [0.2, 0.25) is 94.5 Å². The van der Waals surface area contributed by atoms with E-state index in [1.807, 2.05) is 0 Å². The normalized spacial score (nSPS) is 15.4. The van der Waals surface area contributed by atoms with Gasteiger partial charge in [-0.15, -0.1) is 0 Å². The molecule has 0 aromatic heterocycles. The molecule has 0 radical (unpaired) electrons. The van der Waals surface area contributed by atoms with Gasteiger partial charge in [-0.05, 0) is 165 Å². The number of amides is 16. The second-order valence-electron chi connectivity index (χ2n) is 27.8. The molecule has 0 bridgehead atoms. The molecule has 0 aromatic rings. The molecule has 0 aromatic carbocycles. The summed E-state index contributed by atoms with van der Waals surface area (Å²) in [6.07, 6.45) is 18.8. The van der Waals surface area contributed by atoms with Gasteiger partial charge < -0.3 is 85.9 Å². The lowest BCUT2D eigenvalue weighted by atomic mass is 9.96. The lowest BCUT2D eigenvalue weighted by Gasteiger charge is -2.23. The summed E-state index contributed by atoms with van der Waals surface area (Å²) in [6.45, 7) is 6.04. The maximum atomic E-state index is 13.2. The van der Waals surface area contributed by atoms with Crippen molar-refractivity contribution in [3.05, 3.63) is 0 Å². The Morgan fingerprint density at radius 1 is 0.294 bits per heavy atom. The number of hydrogen-bond acceptors (Lipinski definition) is 16. The Balaban J connectivity index is 0.000000530. The Morgan fingerprint density at radius 3 is 0.725 bits per heavy atom. The van der Waals surface area contributed by atoms with Crippen LogP contribution in [-0.2, 0) is 76.7 Å².